The number of hydrogen-bond donors (Lipinski definition) is 3. The van der Waals surface area contributed by atoms with Crippen molar-refractivity contribution < 1.29 is 24.1 Å². The van der Waals surface area contributed by atoms with E-state index in [0.717, 1.165) is 36.0 Å². The molecule has 0 radical (unpaired) electrons. The lowest BCUT2D eigenvalue weighted by Gasteiger charge is -2.44. The number of aliphatic hydroxyl groups excluding tert-OH is 1. The van der Waals surface area contributed by atoms with E-state index < -0.39 is 17.7 Å². The number of rotatable bonds is 2. The van der Waals surface area contributed by atoms with Gasteiger partial charge in [-0.15, -0.1) is 0 Å². The normalized spacial score (nSPS) is 30.2. The number of halogens is 1. The van der Waals surface area contributed by atoms with Gasteiger partial charge in [-0.1, -0.05) is 29.8 Å². The smallest absolute Gasteiger partial charge is 0.320 e. The third kappa shape index (κ3) is 4.88. The fourth-order valence-electron chi connectivity index (χ4n) is 6.57. The third-order valence-electron chi connectivity index (χ3n) is 8.52. The van der Waals surface area contributed by atoms with Gasteiger partial charge in [-0.05, 0) is 67.9 Å². The van der Waals surface area contributed by atoms with E-state index >= 15 is 4.39 Å². The standard InChI is InChI=1S/C29H38FN3O4/c1-18-12-19-14-20(13-18)27-22(7-3-8-23(27)30)29(36,10-4-9-26(19)37-2)21-6-5-11-32(15-21)28(35)33-16-24(31)25(34)17-33/h3,7-8,12-14,21,24-26,34,36H,4-6,9-11,15-17,31H2,1-2H3/t21-,24-,25+,26?,29+/m1/s1. The molecule has 7 nitrogen and oxygen atoms in total. The van der Waals surface area contributed by atoms with Gasteiger partial charge in [0, 0.05) is 50.8 Å². The summed E-state index contributed by atoms with van der Waals surface area (Å²) in [5.74, 6) is -0.637. The van der Waals surface area contributed by atoms with Gasteiger partial charge in [-0.3, -0.25) is 0 Å². The number of nitrogens with two attached hydrogens (primary N) is 1. The quantitative estimate of drug-likeness (QED) is 0.571. The molecule has 5 rings (SSSR count). The first kappa shape index (κ1) is 26.1. The van der Waals surface area contributed by atoms with Crippen LogP contribution in [0.15, 0.2) is 36.4 Å². The van der Waals surface area contributed by atoms with Crippen LogP contribution in [0.1, 0.15) is 54.9 Å². The second-order valence-corrected chi connectivity index (χ2v) is 11.0. The third-order valence-corrected chi connectivity index (χ3v) is 8.52. The highest BCUT2D eigenvalue weighted by molar-refractivity contribution is 5.75. The van der Waals surface area contributed by atoms with Crippen LogP contribution < -0.4 is 5.73 Å². The molecule has 1 aliphatic carbocycles. The molecule has 2 saturated heterocycles. The van der Waals surface area contributed by atoms with Crippen LogP contribution in [-0.2, 0) is 10.3 Å². The maximum atomic E-state index is 15.6. The first-order chi connectivity index (χ1) is 17.7. The molecular weight excluding hydrogens is 473 g/mol. The predicted octanol–water partition coefficient (Wildman–Crippen LogP) is 3.70. The number of benzene rings is 2. The Bertz CT molecular complexity index is 1150. The van der Waals surface area contributed by atoms with Crippen molar-refractivity contribution in [3.63, 3.8) is 0 Å². The Balaban J connectivity index is 1.53. The van der Waals surface area contributed by atoms with Gasteiger partial charge in [0.25, 0.3) is 0 Å². The van der Waals surface area contributed by atoms with Crippen LogP contribution in [-0.4, -0.2) is 71.5 Å². The second-order valence-electron chi connectivity index (χ2n) is 11.0. The van der Waals surface area contributed by atoms with E-state index in [9.17, 15) is 15.0 Å². The Morgan fingerprint density at radius 3 is 2.68 bits per heavy atom. The summed E-state index contributed by atoms with van der Waals surface area (Å²) >= 11 is 0. The number of aryl methyl sites for hydroxylation is 1. The SMILES string of the molecule is COC1CCC[C@](O)([C@@H]2CCCN(C(=O)N3C[C@@H](N)[C@@H](O)C3)C2)c2cccc(F)c2-c2cc(C)cc1c2. The van der Waals surface area contributed by atoms with Gasteiger partial charge in [0.2, 0.25) is 0 Å². The van der Waals surface area contributed by atoms with Crippen LogP contribution in [0.3, 0.4) is 0 Å². The summed E-state index contributed by atoms with van der Waals surface area (Å²) in [6, 6.07) is 10.4. The Hall–Kier alpha value is -2.52. The molecule has 2 bridgehead atoms. The highest BCUT2D eigenvalue weighted by Crippen LogP contribution is 2.46. The Morgan fingerprint density at radius 2 is 1.95 bits per heavy atom. The second kappa shape index (κ2) is 10.3. The lowest BCUT2D eigenvalue weighted by atomic mass is 9.71. The molecule has 1 unspecified atom stereocenters. The van der Waals surface area contributed by atoms with E-state index in [1.165, 1.54) is 6.07 Å². The van der Waals surface area contributed by atoms with Crippen molar-refractivity contribution >= 4 is 6.03 Å². The largest absolute Gasteiger partial charge is 0.390 e. The van der Waals surface area contributed by atoms with Gasteiger partial charge in [-0.25, -0.2) is 9.18 Å². The Labute approximate surface area is 218 Å². The maximum Gasteiger partial charge on any atom is 0.320 e. The molecule has 2 aliphatic heterocycles. The zero-order valence-corrected chi connectivity index (χ0v) is 21.7. The number of amides is 2. The number of fused-ring (bicyclic) bond motifs is 4. The Morgan fingerprint density at radius 1 is 1.14 bits per heavy atom. The topological polar surface area (TPSA) is 99.3 Å². The van der Waals surface area contributed by atoms with Gasteiger partial charge in [-0.2, -0.15) is 0 Å². The zero-order valence-electron chi connectivity index (χ0n) is 21.7. The van der Waals surface area contributed by atoms with Crippen LogP contribution in [0.4, 0.5) is 9.18 Å². The lowest BCUT2D eigenvalue weighted by Crippen LogP contribution is -2.52. The first-order valence-corrected chi connectivity index (χ1v) is 13.3. The van der Waals surface area contributed by atoms with Crippen LogP contribution >= 0.6 is 0 Å². The van der Waals surface area contributed by atoms with E-state index in [0.29, 0.717) is 43.6 Å². The molecule has 37 heavy (non-hydrogen) atoms. The average Bonchev–Trinajstić information content (AvgIpc) is 3.23. The average molecular weight is 512 g/mol. The number of carbonyl (C=O) groups is 1. The summed E-state index contributed by atoms with van der Waals surface area (Å²) in [5.41, 5.74) is 8.37. The van der Waals surface area contributed by atoms with Crippen molar-refractivity contribution in [3.8, 4) is 11.1 Å². The number of β-amino-alcohol motifs (C(OH)–C–C–N with tert-alkyl or cyclic N) is 1. The summed E-state index contributed by atoms with van der Waals surface area (Å²) in [6.07, 6.45) is 2.44. The molecule has 2 amide bonds. The summed E-state index contributed by atoms with van der Waals surface area (Å²) in [4.78, 5) is 16.7. The van der Waals surface area contributed by atoms with Crippen molar-refractivity contribution in [2.45, 2.75) is 62.9 Å². The van der Waals surface area contributed by atoms with Crippen LogP contribution in [0, 0.1) is 18.7 Å². The van der Waals surface area contributed by atoms with E-state index in [1.54, 1.807) is 23.0 Å². The van der Waals surface area contributed by atoms with Gasteiger partial charge < -0.3 is 30.5 Å². The molecule has 0 saturated carbocycles. The zero-order chi connectivity index (χ0) is 26.3. The van der Waals surface area contributed by atoms with Gasteiger partial charge in [0.15, 0.2) is 0 Å². The number of urea groups is 1. The lowest BCUT2D eigenvalue weighted by molar-refractivity contribution is -0.0589. The summed E-state index contributed by atoms with van der Waals surface area (Å²) in [6.45, 7) is 3.46. The molecule has 2 aromatic carbocycles. The number of piperidine rings is 1. The van der Waals surface area contributed by atoms with Crippen molar-refractivity contribution in [3.05, 3.63) is 58.9 Å². The van der Waals surface area contributed by atoms with Gasteiger partial charge in [0.05, 0.1) is 17.8 Å². The van der Waals surface area contributed by atoms with Crippen molar-refractivity contribution in [1.82, 2.24) is 9.80 Å². The van der Waals surface area contributed by atoms with Crippen molar-refractivity contribution in [1.29, 1.82) is 0 Å². The van der Waals surface area contributed by atoms with Gasteiger partial charge in [0.1, 0.15) is 5.82 Å². The summed E-state index contributed by atoms with van der Waals surface area (Å²) < 4.78 is 21.4. The maximum absolute atomic E-state index is 15.6. The fraction of sp³-hybridized carbons (Fsp3) is 0.552. The summed E-state index contributed by atoms with van der Waals surface area (Å²) in [5, 5.41) is 22.5. The number of likely N-dealkylation sites (tertiary alicyclic amines) is 2. The molecule has 5 atom stereocenters. The molecule has 200 valence electrons. The molecule has 4 N–H and O–H groups in total. The van der Waals surface area contributed by atoms with E-state index in [-0.39, 0.29) is 30.4 Å². The van der Waals surface area contributed by atoms with Crippen molar-refractivity contribution in [2.24, 2.45) is 11.7 Å². The number of carbonyl (C=O) groups excluding carboxylic acids is 1. The predicted molar refractivity (Wildman–Crippen MR) is 139 cm³/mol. The van der Waals surface area contributed by atoms with Crippen LogP contribution in [0.5, 0.6) is 0 Å². The van der Waals surface area contributed by atoms with Crippen LogP contribution in [0.25, 0.3) is 11.1 Å². The number of methoxy groups -OCH3 is 1. The molecule has 0 spiro atoms. The van der Waals surface area contributed by atoms with E-state index in [1.807, 2.05) is 25.1 Å². The highest BCUT2D eigenvalue weighted by atomic mass is 19.1. The first-order valence-electron chi connectivity index (χ1n) is 13.3. The summed E-state index contributed by atoms with van der Waals surface area (Å²) in [7, 11) is 1.69. The molecule has 2 fully saturated rings. The number of nitrogens with zero attached hydrogens (tertiary/aromatic N) is 2. The molecule has 3 aliphatic rings. The minimum absolute atomic E-state index is 0.147. The fourth-order valence-corrected chi connectivity index (χ4v) is 6.57. The van der Waals surface area contributed by atoms with E-state index in [4.69, 9.17) is 10.5 Å². The number of aliphatic hydroxyl groups is 2. The molecule has 0 aromatic heterocycles. The highest BCUT2D eigenvalue weighted by Gasteiger charge is 2.44. The molecule has 2 heterocycles. The van der Waals surface area contributed by atoms with Crippen LogP contribution in [0.2, 0.25) is 0 Å². The minimum Gasteiger partial charge on any atom is -0.390 e. The van der Waals surface area contributed by atoms with Gasteiger partial charge >= 0.3 is 6.03 Å². The number of ether oxygens (including phenoxy) is 1. The van der Waals surface area contributed by atoms with E-state index in [2.05, 4.69) is 6.07 Å². The molecule has 8 heteroatoms. The molecular formula is C29H38FN3O4. The minimum atomic E-state index is -1.32. The Kier molecular flexibility index (Phi) is 7.29. The monoisotopic (exact) mass is 511 g/mol. The van der Waals surface area contributed by atoms with Crippen molar-refractivity contribution in [2.75, 3.05) is 33.3 Å². The molecule has 2 aromatic rings. The number of hydrogen-bond acceptors (Lipinski definition) is 5.